The molecule has 0 unspecified atom stereocenters. The number of hydrogen-bond donors (Lipinski definition) is 1. The van der Waals surface area contributed by atoms with Gasteiger partial charge in [-0.3, -0.25) is 0 Å². The van der Waals surface area contributed by atoms with Crippen molar-refractivity contribution in [3.8, 4) is 0 Å². The van der Waals surface area contributed by atoms with Crippen molar-refractivity contribution in [2.75, 3.05) is 7.11 Å². The molecule has 1 fully saturated rings. The van der Waals surface area contributed by atoms with Crippen LogP contribution in [-0.4, -0.2) is 24.0 Å². The summed E-state index contributed by atoms with van der Waals surface area (Å²) in [5.74, 6) is -2.56. The van der Waals surface area contributed by atoms with Gasteiger partial charge in [0.05, 0.1) is 0 Å². The highest BCUT2D eigenvalue weighted by Gasteiger charge is 2.65. The van der Waals surface area contributed by atoms with E-state index in [1.54, 1.807) is 0 Å². The van der Waals surface area contributed by atoms with E-state index < -0.39 is 17.9 Å². The molecule has 0 aromatic heterocycles. The average molecular weight is 194 g/mol. The zero-order valence-corrected chi connectivity index (χ0v) is 7.64. The van der Waals surface area contributed by atoms with Gasteiger partial charge in [-0.15, -0.1) is 0 Å². The first-order valence-corrected chi connectivity index (χ1v) is 4.22. The number of methoxy groups -OCH3 is 1. The van der Waals surface area contributed by atoms with E-state index in [1.165, 1.54) is 7.11 Å². The zero-order valence-electron chi connectivity index (χ0n) is 7.64. The highest BCUT2D eigenvalue weighted by Crippen LogP contribution is 2.50. The number of carboxylic acid groups (broad SMARTS) is 1. The molecule has 74 valence electrons. The van der Waals surface area contributed by atoms with E-state index in [1.807, 2.05) is 30.3 Å². The average Bonchev–Trinajstić information content (AvgIpc) is 2.95. The molecular weight excluding hydrogens is 184 g/mol. The molecule has 1 aromatic carbocycles. The summed E-state index contributed by atoms with van der Waals surface area (Å²) in [4.78, 5) is 10.8. The Morgan fingerprint density at radius 2 is 2.14 bits per heavy atom. The molecule has 14 heavy (non-hydrogen) atoms. The summed E-state index contributed by atoms with van der Waals surface area (Å²) < 4.78 is 9.93. The molecule has 0 bridgehead atoms. The first kappa shape index (κ1) is 9.18. The Labute approximate surface area is 81.1 Å². The van der Waals surface area contributed by atoms with E-state index in [9.17, 15) is 4.79 Å². The number of benzene rings is 1. The van der Waals surface area contributed by atoms with Crippen LogP contribution in [0.25, 0.3) is 0 Å². The summed E-state index contributed by atoms with van der Waals surface area (Å²) in [7, 11) is 1.33. The van der Waals surface area contributed by atoms with Gasteiger partial charge < -0.3 is 14.6 Å². The number of carbonyl (C=O) groups is 1. The molecule has 0 spiro atoms. The fourth-order valence-corrected chi connectivity index (χ4v) is 1.46. The maximum atomic E-state index is 10.8. The number of epoxide rings is 1. The lowest BCUT2D eigenvalue weighted by molar-refractivity contribution is -0.161. The minimum absolute atomic E-state index is 0.494. The third kappa shape index (κ3) is 1.20. The van der Waals surface area contributed by atoms with Gasteiger partial charge in [-0.05, 0) is 5.56 Å². The fourth-order valence-electron chi connectivity index (χ4n) is 1.46. The predicted molar refractivity (Wildman–Crippen MR) is 47.6 cm³/mol. The maximum absolute atomic E-state index is 10.8. The molecular formula is C10H10O4. The van der Waals surface area contributed by atoms with Gasteiger partial charge in [0.15, 0.2) is 6.10 Å². The molecule has 0 amide bonds. The smallest absolute Gasteiger partial charge is 0.367 e. The summed E-state index contributed by atoms with van der Waals surface area (Å²) in [5.41, 5.74) is 0.816. The third-order valence-corrected chi connectivity index (χ3v) is 2.28. The summed E-state index contributed by atoms with van der Waals surface area (Å²) >= 11 is 0. The van der Waals surface area contributed by atoms with E-state index >= 15 is 0 Å². The first-order chi connectivity index (χ1) is 6.70. The van der Waals surface area contributed by atoms with Gasteiger partial charge >= 0.3 is 11.8 Å². The standard InChI is InChI=1S/C10H10O4/c1-13-10(9(11)12)8(14-10)7-5-3-2-4-6-7/h2-6,8H,1H3,(H,11,12)/t8-,10+/m1/s1. The summed E-state index contributed by atoms with van der Waals surface area (Å²) in [6.07, 6.45) is -0.494. The Balaban J connectivity index is 2.22. The number of carboxylic acids is 1. The predicted octanol–water partition coefficient (Wildman–Crippen LogP) is 1.19. The Kier molecular flexibility index (Phi) is 2.02. The van der Waals surface area contributed by atoms with Crippen LogP contribution in [0, 0.1) is 0 Å². The molecule has 4 heteroatoms. The third-order valence-electron chi connectivity index (χ3n) is 2.28. The molecule has 1 saturated heterocycles. The highest BCUT2D eigenvalue weighted by molar-refractivity contribution is 5.80. The van der Waals surface area contributed by atoms with E-state index in [-0.39, 0.29) is 0 Å². The van der Waals surface area contributed by atoms with Gasteiger partial charge in [0, 0.05) is 7.11 Å². The lowest BCUT2D eigenvalue weighted by Gasteiger charge is -2.03. The minimum Gasteiger partial charge on any atom is -0.477 e. The van der Waals surface area contributed by atoms with Crippen LogP contribution in [0.1, 0.15) is 11.7 Å². The van der Waals surface area contributed by atoms with Crippen molar-refractivity contribution in [3.63, 3.8) is 0 Å². The van der Waals surface area contributed by atoms with Gasteiger partial charge in [0.1, 0.15) is 0 Å². The molecule has 0 saturated carbocycles. The van der Waals surface area contributed by atoms with Gasteiger partial charge in [-0.25, -0.2) is 4.79 Å². The second-order valence-electron chi connectivity index (χ2n) is 3.09. The summed E-state index contributed by atoms with van der Waals surface area (Å²) in [6.45, 7) is 0. The van der Waals surface area contributed by atoms with Crippen molar-refractivity contribution in [2.45, 2.75) is 11.9 Å². The molecule has 2 atom stereocenters. The van der Waals surface area contributed by atoms with E-state index in [2.05, 4.69) is 0 Å². The zero-order chi connectivity index (χ0) is 10.2. The van der Waals surface area contributed by atoms with Crippen LogP contribution in [0.3, 0.4) is 0 Å². The van der Waals surface area contributed by atoms with Crippen molar-refractivity contribution in [2.24, 2.45) is 0 Å². The van der Waals surface area contributed by atoms with Crippen LogP contribution in [0.5, 0.6) is 0 Å². The van der Waals surface area contributed by atoms with Crippen molar-refractivity contribution in [1.82, 2.24) is 0 Å². The van der Waals surface area contributed by atoms with Crippen LogP contribution < -0.4 is 0 Å². The SMILES string of the molecule is CO[C@]1(C(=O)O)O[C@@H]1c1ccccc1. The molecule has 0 aliphatic carbocycles. The molecule has 4 nitrogen and oxygen atoms in total. The Morgan fingerprint density at radius 3 is 2.57 bits per heavy atom. The molecule has 0 radical (unpaired) electrons. The summed E-state index contributed by atoms with van der Waals surface area (Å²) in [6, 6.07) is 9.16. The molecule has 1 N–H and O–H groups in total. The largest absolute Gasteiger partial charge is 0.477 e. The maximum Gasteiger partial charge on any atom is 0.367 e. The van der Waals surface area contributed by atoms with Crippen LogP contribution in [0.4, 0.5) is 0 Å². The van der Waals surface area contributed by atoms with Crippen LogP contribution in [-0.2, 0) is 14.3 Å². The topological polar surface area (TPSA) is 59.1 Å². The normalized spacial score (nSPS) is 29.9. The van der Waals surface area contributed by atoms with Crippen molar-refractivity contribution < 1.29 is 19.4 Å². The number of ether oxygens (including phenoxy) is 2. The monoisotopic (exact) mass is 194 g/mol. The highest BCUT2D eigenvalue weighted by atomic mass is 16.8. The second kappa shape index (κ2) is 3.08. The van der Waals surface area contributed by atoms with Crippen LogP contribution in [0.2, 0.25) is 0 Å². The van der Waals surface area contributed by atoms with Crippen molar-refractivity contribution >= 4 is 5.97 Å². The number of aliphatic carboxylic acids is 1. The van der Waals surface area contributed by atoms with E-state index in [0.29, 0.717) is 0 Å². The van der Waals surface area contributed by atoms with Crippen molar-refractivity contribution in [1.29, 1.82) is 0 Å². The minimum atomic E-state index is -1.47. The van der Waals surface area contributed by atoms with Crippen LogP contribution in [0.15, 0.2) is 30.3 Å². The number of rotatable bonds is 3. The molecule has 1 heterocycles. The molecule has 1 aliphatic rings. The quantitative estimate of drug-likeness (QED) is 0.734. The Hall–Kier alpha value is -1.39. The van der Waals surface area contributed by atoms with E-state index in [4.69, 9.17) is 14.6 Å². The Morgan fingerprint density at radius 1 is 1.50 bits per heavy atom. The molecule has 2 rings (SSSR count). The molecule has 1 aromatic rings. The van der Waals surface area contributed by atoms with Gasteiger partial charge in [-0.1, -0.05) is 30.3 Å². The van der Waals surface area contributed by atoms with Crippen molar-refractivity contribution in [3.05, 3.63) is 35.9 Å². The fraction of sp³-hybridized carbons (Fsp3) is 0.300. The Bertz CT molecular complexity index is 348. The van der Waals surface area contributed by atoms with Gasteiger partial charge in [0.25, 0.3) is 0 Å². The van der Waals surface area contributed by atoms with E-state index in [0.717, 1.165) is 5.56 Å². The van der Waals surface area contributed by atoms with Gasteiger partial charge in [-0.2, -0.15) is 0 Å². The number of hydrogen-bond acceptors (Lipinski definition) is 3. The lowest BCUT2D eigenvalue weighted by atomic mass is 10.1. The van der Waals surface area contributed by atoms with Crippen LogP contribution >= 0.6 is 0 Å². The first-order valence-electron chi connectivity index (χ1n) is 4.22. The van der Waals surface area contributed by atoms with Gasteiger partial charge in [0.2, 0.25) is 0 Å². The summed E-state index contributed by atoms with van der Waals surface area (Å²) in [5, 5.41) is 8.89. The second-order valence-corrected chi connectivity index (χ2v) is 3.09. The lowest BCUT2D eigenvalue weighted by Crippen LogP contribution is -2.26. The molecule has 1 aliphatic heterocycles.